The van der Waals surface area contributed by atoms with Gasteiger partial charge in [0.1, 0.15) is 0 Å². The zero-order valence-electron chi connectivity index (χ0n) is 11.5. The molecule has 0 aromatic heterocycles. The summed E-state index contributed by atoms with van der Waals surface area (Å²) in [6, 6.07) is 10.9. The van der Waals surface area contributed by atoms with Gasteiger partial charge in [0.15, 0.2) is 0 Å². The largest absolute Gasteiger partial charge is 0.330 e. The van der Waals surface area contributed by atoms with Gasteiger partial charge in [0.05, 0.1) is 0 Å². The van der Waals surface area contributed by atoms with Crippen LogP contribution >= 0.6 is 24.8 Å². The van der Waals surface area contributed by atoms with E-state index in [1.54, 1.807) is 0 Å². The van der Waals surface area contributed by atoms with Crippen LogP contribution < -0.4 is 5.73 Å². The van der Waals surface area contributed by atoms with Crippen LogP contribution in [0.2, 0.25) is 0 Å². The van der Waals surface area contributed by atoms with Crippen molar-refractivity contribution in [1.82, 2.24) is 4.90 Å². The first-order chi connectivity index (χ1) is 8.38. The molecule has 110 valence electrons. The molecule has 0 amide bonds. The number of rotatable bonds is 5. The first kappa shape index (κ1) is 18.7. The minimum atomic E-state index is 0. The first-order valence-electron chi connectivity index (χ1n) is 6.85. The van der Waals surface area contributed by atoms with Crippen LogP contribution in [0, 0.1) is 5.92 Å². The lowest BCUT2D eigenvalue weighted by Crippen LogP contribution is -2.35. The van der Waals surface area contributed by atoms with E-state index < -0.39 is 0 Å². The zero-order valence-corrected chi connectivity index (χ0v) is 13.1. The summed E-state index contributed by atoms with van der Waals surface area (Å²) in [6.07, 6.45) is 5.09. The SMILES string of the molecule is Cl.Cl.NCCCN1CCC(Cc2ccccc2)CC1. The van der Waals surface area contributed by atoms with E-state index >= 15 is 0 Å². The highest BCUT2D eigenvalue weighted by Gasteiger charge is 2.18. The van der Waals surface area contributed by atoms with Crippen LogP contribution in [-0.4, -0.2) is 31.1 Å². The number of hydrogen-bond acceptors (Lipinski definition) is 2. The fraction of sp³-hybridized carbons (Fsp3) is 0.600. The highest BCUT2D eigenvalue weighted by Crippen LogP contribution is 2.21. The molecule has 0 saturated carbocycles. The molecule has 0 radical (unpaired) electrons. The molecule has 1 aromatic rings. The van der Waals surface area contributed by atoms with E-state index in [9.17, 15) is 0 Å². The van der Waals surface area contributed by atoms with Gasteiger partial charge < -0.3 is 10.6 Å². The number of piperidine rings is 1. The Hall–Kier alpha value is -0.280. The topological polar surface area (TPSA) is 29.3 Å². The van der Waals surface area contributed by atoms with E-state index in [2.05, 4.69) is 35.2 Å². The van der Waals surface area contributed by atoms with E-state index in [1.165, 1.54) is 44.5 Å². The van der Waals surface area contributed by atoms with Gasteiger partial charge in [-0.2, -0.15) is 0 Å². The monoisotopic (exact) mass is 304 g/mol. The molecule has 0 unspecified atom stereocenters. The number of likely N-dealkylation sites (tertiary alicyclic amines) is 1. The van der Waals surface area contributed by atoms with E-state index in [4.69, 9.17) is 5.73 Å². The molecule has 1 aromatic carbocycles. The Morgan fingerprint density at radius 1 is 1.05 bits per heavy atom. The van der Waals surface area contributed by atoms with Crippen molar-refractivity contribution >= 4 is 24.8 Å². The third-order valence-corrected chi connectivity index (χ3v) is 3.75. The number of benzene rings is 1. The van der Waals surface area contributed by atoms with Crippen LogP contribution in [0.1, 0.15) is 24.8 Å². The highest BCUT2D eigenvalue weighted by molar-refractivity contribution is 5.85. The average Bonchev–Trinajstić information content (AvgIpc) is 2.39. The van der Waals surface area contributed by atoms with Crippen LogP contribution in [0.25, 0.3) is 0 Å². The van der Waals surface area contributed by atoms with Gasteiger partial charge in [-0.25, -0.2) is 0 Å². The third kappa shape index (κ3) is 6.62. The van der Waals surface area contributed by atoms with Gasteiger partial charge in [-0.3, -0.25) is 0 Å². The maximum Gasteiger partial charge on any atom is -0.000671 e. The van der Waals surface area contributed by atoms with E-state index in [0.717, 1.165) is 18.9 Å². The molecule has 2 nitrogen and oxygen atoms in total. The zero-order chi connectivity index (χ0) is 11.9. The van der Waals surface area contributed by atoms with E-state index in [1.807, 2.05) is 0 Å². The molecule has 19 heavy (non-hydrogen) atoms. The maximum atomic E-state index is 5.55. The predicted octanol–water partition coefficient (Wildman–Crippen LogP) is 3.13. The minimum Gasteiger partial charge on any atom is -0.330 e. The van der Waals surface area contributed by atoms with E-state index in [0.29, 0.717) is 0 Å². The summed E-state index contributed by atoms with van der Waals surface area (Å²) >= 11 is 0. The Morgan fingerprint density at radius 3 is 2.26 bits per heavy atom. The molecule has 0 bridgehead atoms. The van der Waals surface area contributed by atoms with E-state index in [-0.39, 0.29) is 24.8 Å². The van der Waals surface area contributed by atoms with Gasteiger partial charge in [-0.15, -0.1) is 24.8 Å². The molecule has 0 spiro atoms. The van der Waals surface area contributed by atoms with Gasteiger partial charge in [-0.05, 0) is 63.3 Å². The van der Waals surface area contributed by atoms with Crippen LogP contribution in [0.15, 0.2) is 30.3 Å². The van der Waals surface area contributed by atoms with Gasteiger partial charge >= 0.3 is 0 Å². The normalized spacial score (nSPS) is 16.5. The fourth-order valence-electron chi connectivity index (χ4n) is 2.68. The Morgan fingerprint density at radius 2 is 1.68 bits per heavy atom. The van der Waals surface area contributed by atoms with Crippen molar-refractivity contribution in [3.63, 3.8) is 0 Å². The average molecular weight is 305 g/mol. The summed E-state index contributed by atoms with van der Waals surface area (Å²) in [5, 5.41) is 0. The van der Waals surface area contributed by atoms with Crippen molar-refractivity contribution in [3.05, 3.63) is 35.9 Å². The summed E-state index contributed by atoms with van der Waals surface area (Å²) in [5.41, 5.74) is 7.04. The molecule has 2 N–H and O–H groups in total. The van der Waals surface area contributed by atoms with Crippen molar-refractivity contribution in [2.75, 3.05) is 26.2 Å². The molecule has 2 rings (SSSR count). The third-order valence-electron chi connectivity index (χ3n) is 3.75. The molecule has 1 fully saturated rings. The minimum absolute atomic E-state index is 0. The van der Waals surface area contributed by atoms with Gasteiger partial charge in [-0.1, -0.05) is 30.3 Å². The summed E-state index contributed by atoms with van der Waals surface area (Å²) < 4.78 is 0. The van der Waals surface area contributed by atoms with Crippen LogP contribution in [0.5, 0.6) is 0 Å². The number of halogens is 2. The van der Waals surface area contributed by atoms with Gasteiger partial charge in [0, 0.05) is 0 Å². The molecule has 1 heterocycles. The number of nitrogens with two attached hydrogens (primary N) is 1. The summed E-state index contributed by atoms with van der Waals surface area (Å²) in [4.78, 5) is 2.56. The predicted molar refractivity (Wildman–Crippen MR) is 87.5 cm³/mol. The molecular formula is C15H26Cl2N2. The Balaban J connectivity index is 0.00000162. The summed E-state index contributed by atoms with van der Waals surface area (Å²) in [5.74, 6) is 0.881. The number of hydrogen-bond donors (Lipinski definition) is 1. The summed E-state index contributed by atoms with van der Waals surface area (Å²) in [6.45, 7) is 4.54. The fourth-order valence-corrected chi connectivity index (χ4v) is 2.68. The Kier molecular flexibility index (Phi) is 10.3. The highest BCUT2D eigenvalue weighted by atomic mass is 35.5. The molecule has 1 saturated heterocycles. The van der Waals surface area contributed by atoms with Crippen LogP contribution in [-0.2, 0) is 6.42 Å². The van der Waals surface area contributed by atoms with Crippen molar-refractivity contribution < 1.29 is 0 Å². The lowest BCUT2D eigenvalue weighted by molar-refractivity contribution is 0.183. The van der Waals surface area contributed by atoms with Crippen molar-refractivity contribution in [2.45, 2.75) is 25.7 Å². The van der Waals surface area contributed by atoms with Crippen molar-refractivity contribution in [1.29, 1.82) is 0 Å². The van der Waals surface area contributed by atoms with Gasteiger partial charge in [0.25, 0.3) is 0 Å². The molecule has 4 heteroatoms. The second-order valence-corrected chi connectivity index (χ2v) is 5.12. The standard InChI is InChI=1S/C15H24N2.2ClH/c16-9-4-10-17-11-7-15(8-12-17)13-14-5-2-1-3-6-14;;/h1-3,5-6,15H,4,7-13,16H2;2*1H. The second kappa shape index (κ2) is 10.5. The summed E-state index contributed by atoms with van der Waals surface area (Å²) in [7, 11) is 0. The quantitative estimate of drug-likeness (QED) is 0.905. The van der Waals surface area contributed by atoms with Gasteiger partial charge in [0.2, 0.25) is 0 Å². The Bertz CT molecular complexity index is 311. The first-order valence-corrected chi connectivity index (χ1v) is 6.85. The second-order valence-electron chi connectivity index (χ2n) is 5.12. The molecule has 0 atom stereocenters. The smallest absolute Gasteiger partial charge is 0.000671 e. The lowest BCUT2D eigenvalue weighted by atomic mass is 9.90. The van der Waals surface area contributed by atoms with Crippen LogP contribution in [0.4, 0.5) is 0 Å². The number of nitrogens with zero attached hydrogens (tertiary/aromatic N) is 1. The molecule has 0 aliphatic carbocycles. The molecular weight excluding hydrogens is 279 g/mol. The van der Waals surface area contributed by atoms with Crippen LogP contribution in [0.3, 0.4) is 0 Å². The van der Waals surface area contributed by atoms with Crippen molar-refractivity contribution in [2.24, 2.45) is 11.7 Å². The lowest BCUT2D eigenvalue weighted by Gasteiger charge is -2.31. The maximum absolute atomic E-state index is 5.55. The Labute approximate surface area is 129 Å². The molecule has 1 aliphatic heterocycles. The molecule has 1 aliphatic rings. The van der Waals surface area contributed by atoms with Crippen molar-refractivity contribution in [3.8, 4) is 0 Å².